The van der Waals surface area contributed by atoms with Gasteiger partial charge in [-0.05, 0) is 32.1 Å². The van der Waals surface area contributed by atoms with E-state index in [1.807, 2.05) is 23.8 Å². The van der Waals surface area contributed by atoms with Crippen LogP contribution in [0.25, 0.3) is 11.2 Å². The number of hydrogen-bond acceptors (Lipinski definition) is 4. The van der Waals surface area contributed by atoms with Crippen LogP contribution < -0.4 is 0 Å². The van der Waals surface area contributed by atoms with E-state index in [1.165, 1.54) is 4.88 Å². The van der Waals surface area contributed by atoms with E-state index in [-0.39, 0.29) is 6.04 Å². The van der Waals surface area contributed by atoms with Crippen molar-refractivity contribution in [1.82, 2.24) is 19.5 Å². The number of imidazole rings is 1. The average Bonchev–Trinajstić information content (AvgIpc) is 2.91. The minimum atomic E-state index is 0.0497. The largest absolute Gasteiger partial charge is 0.329 e. The topological polar surface area (TPSA) is 46.5 Å². The summed E-state index contributed by atoms with van der Waals surface area (Å²) in [6.07, 6.45) is 3.50. The summed E-state index contributed by atoms with van der Waals surface area (Å²) in [5.74, 6) is 0. The highest BCUT2D eigenvalue weighted by Gasteiger charge is 2.16. The Morgan fingerprint density at radius 2 is 2.21 bits per heavy atom. The van der Waals surface area contributed by atoms with Crippen LogP contribution in [-0.4, -0.2) is 19.5 Å². The van der Waals surface area contributed by atoms with Crippen molar-refractivity contribution >= 4 is 46.3 Å². The Kier molecular flexibility index (Phi) is 3.16. The maximum Gasteiger partial charge on any atom is 0.179 e. The fraction of sp³-hybridized carbons (Fsp3) is 0.250. The molecule has 3 aromatic heterocycles. The first-order chi connectivity index (χ1) is 9.06. The molecule has 0 aromatic carbocycles. The number of nitrogens with zero attached hydrogens (tertiary/aromatic N) is 3. The van der Waals surface area contributed by atoms with Gasteiger partial charge in [0.1, 0.15) is 5.01 Å². The van der Waals surface area contributed by atoms with Gasteiger partial charge in [-0.2, -0.15) is 0 Å². The van der Waals surface area contributed by atoms with Gasteiger partial charge in [0.2, 0.25) is 0 Å². The summed E-state index contributed by atoms with van der Waals surface area (Å²) in [7, 11) is 0. The van der Waals surface area contributed by atoms with Crippen LogP contribution >= 0.6 is 35.2 Å². The maximum atomic E-state index is 5.94. The highest BCUT2D eigenvalue weighted by molar-refractivity contribution is 7.71. The minimum absolute atomic E-state index is 0.0497. The second kappa shape index (κ2) is 4.70. The molecule has 3 aromatic rings. The summed E-state index contributed by atoms with van der Waals surface area (Å²) in [5, 5.41) is 1.61. The van der Waals surface area contributed by atoms with E-state index < -0.39 is 0 Å². The molecule has 0 aliphatic carbocycles. The first-order valence-electron chi connectivity index (χ1n) is 5.74. The summed E-state index contributed by atoms with van der Waals surface area (Å²) >= 11 is 13.0. The highest BCUT2D eigenvalue weighted by atomic mass is 35.5. The Balaban J connectivity index is 2.19. The van der Waals surface area contributed by atoms with Crippen LogP contribution in [0.5, 0.6) is 0 Å². The molecule has 4 nitrogen and oxygen atoms in total. The van der Waals surface area contributed by atoms with Crippen molar-refractivity contribution in [2.45, 2.75) is 19.9 Å². The quantitative estimate of drug-likeness (QED) is 0.724. The lowest BCUT2D eigenvalue weighted by molar-refractivity contribution is 0.639. The fourth-order valence-electron chi connectivity index (χ4n) is 2.02. The molecule has 0 saturated heterocycles. The smallest absolute Gasteiger partial charge is 0.179 e. The van der Waals surface area contributed by atoms with Crippen molar-refractivity contribution in [3.63, 3.8) is 0 Å². The lowest BCUT2D eigenvalue weighted by atomic mass is 10.3. The predicted molar refractivity (Wildman–Crippen MR) is 80.6 cm³/mol. The van der Waals surface area contributed by atoms with Crippen molar-refractivity contribution < 1.29 is 0 Å². The Bertz CT molecular complexity index is 802. The maximum absolute atomic E-state index is 5.94. The molecular weight excluding hydrogens is 300 g/mol. The normalized spacial score (nSPS) is 13.0. The number of rotatable bonds is 2. The van der Waals surface area contributed by atoms with E-state index in [0.29, 0.717) is 9.79 Å². The van der Waals surface area contributed by atoms with Gasteiger partial charge in [-0.1, -0.05) is 11.6 Å². The van der Waals surface area contributed by atoms with E-state index in [0.717, 1.165) is 16.2 Å². The third kappa shape index (κ3) is 2.20. The van der Waals surface area contributed by atoms with Gasteiger partial charge >= 0.3 is 0 Å². The van der Waals surface area contributed by atoms with E-state index in [4.69, 9.17) is 23.8 Å². The molecular formula is C12H11ClN4S2. The van der Waals surface area contributed by atoms with Gasteiger partial charge in [0.25, 0.3) is 0 Å². The van der Waals surface area contributed by atoms with Crippen LogP contribution in [0.15, 0.2) is 18.5 Å². The van der Waals surface area contributed by atoms with Crippen molar-refractivity contribution in [2.75, 3.05) is 0 Å². The summed E-state index contributed by atoms with van der Waals surface area (Å²) in [6.45, 7) is 4.11. The number of pyridine rings is 1. The lowest BCUT2D eigenvalue weighted by Gasteiger charge is -2.10. The second-order valence-electron chi connectivity index (χ2n) is 4.31. The average molecular weight is 311 g/mol. The molecule has 19 heavy (non-hydrogen) atoms. The number of aryl methyl sites for hydroxylation is 1. The number of thiazole rings is 1. The molecule has 1 atom stereocenters. The van der Waals surface area contributed by atoms with Gasteiger partial charge in [0.15, 0.2) is 10.4 Å². The standard InChI is InChI=1S/C12H11ClN4S2/c1-6-4-15-11(19-6)7(2)17-10-9(16-12(17)18)3-8(13)5-14-10/h3-5,7H,1-2H3,(H,16,18). The van der Waals surface area contributed by atoms with Crippen LogP contribution in [-0.2, 0) is 0 Å². The molecule has 1 unspecified atom stereocenters. The molecule has 0 fully saturated rings. The summed E-state index contributed by atoms with van der Waals surface area (Å²) < 4.78 is 2.60. The zero-order chi connectivity index (χ0) is 13.6. The van der Waals surface area contributed by atoms with Gasteiger partial charge in [0.05, 0.1) is 16.6 Å². The monoisotopic (exact) mass is 310 g/mol. The van der Waals surface area contributed by atoms with Crippen molar-refractivity contribution in [2.24, 2.45) is 0 Å². The van der Waals surface area contributed by atoms with E-state index in [1.54, 1.807) is 17.5 Å². The van der Waals surface area contributed by atoms with E-state index in [9.17, 15) is 0 Å². The Morgan fingerprint density at radius 1 is 1.42 bits per heavy atom. The van der Waals surface area contributed by atoms with E-state index in [2.05, 4.69) is 21.9 Å². The number of nitrogens with one attached hydrogen (secondary N) is 1. The van der Waals surface area contributed by atoms with Gasteiger partial charge in [-0.15, -0.1) is 11.3 Å². The van der Waals surface area contributed by atoms with Gasteiger partial charge in [0, 0.05) is 17.3 Å². The number of halogens is 1. The predicted octanol–water partition coefficient (Wildman–Crippen LogP) is 4.12. The molecule has 0 bridgehead atoms. The summed E-state index contributed by atoms with van der Waals surface area (Å²) in [5.41, 5.74) is 1.65. The van der Waals surface area contributed by atoms with E-state index >= 15 is 0 Å². The van der Waals surface area contributed by atoms with Crippen LogP contribution in [0.1, 0.15) is 22.9 Å². The van der Waals surface area contributed by atoms with Crippen LogP contribution in [0.2, 0.25) is 5.02 Å². The summed E-state index contributed by atoms with van der Waals surface area (Å²) in [6, 6.07) is 1.88. The van der Waals surface area contributed by atoms with Crippen LogP contribution in [0.3, 0.4) is 0 Å². The van der Waals surface area contributed by atoms with Gasteiger partial charge < -0.3 is 4.98 Å². The van der Waals surface area contributed by atoms with Crippen molar-refractivity contribution in [3.05, 3.63) is 38.1 Å². The fourth-order valence-corrected chi connectivity index (χ4v) is 3.35. The first kappa shape index (κ1) is 12.8. The minimum Gasteiger partial charge on any atom is -0.329 e. The van der Waals surface area contributed by atoms with Crippen LogP contribution in [0.4, 0.5) is 0 Å². The number of hydrogen-bond donors (Lipinski definition) is 1. The van der Waals surface area contributed by atoms with Crippen molar-refractivity contribution in [1.29, 1.82) is 0 Å². The molecule has 3 rings (SSSR count). The van der Waals surface area contributed by atoms with Gasteiger partial charge in [-0.25, -0.2) is 9.97 Å². The Hall–Kier alpha value is -1.24. The Morgan fingerprint density at radius 3 is 2.89 bits per heavy atom. The molecule has 0 aliphatic rings. The number of aromatic amines is 1. The number of aromatic nitrogens is 4. The zero-order valence-corrected chi connectivity index (χ0v) is 12.7. The van der Waals surface area contributed by atoms with Crippen molar-refractivity contribution in [3.8, 4) is 0 Å². The molecule has 98 valence electrons. The molecule has 0 spiro atoms. The summed E-state index contributed by atoms with van der Waals surface area (Å²) in [4.78, 5) is 13.1. The number of H-pyrrole nitrogens is 1. The molecule has 0 radical (unpaired) electrons. The lowest BCUT2D eigenvalue weighted by Crippen LogP contribution is -2.07. The molecule has 0 amide bonds. The molecule has 1 N–H and O–H groups in total. The molecule has 7 heteroatoms. The third-order valence-electron chi connectivity index (χ3n) is 2.91. The molecule has 0 saturated carbocycles. The molecule has 0 aliphatic heterocycles. The third-order valence-corrected chi connectivity index (χ3v) is 4.49. The SMILES string of the molecule is Cc1cnc(C(C)n2c(=S)[nH]c3cc(Cl)cnc32)s1. The highest BCUT2D eigenvalue weighted by Crippen LogP contribution is 2.27. The molecule has 3 heterocycles. The zero-order valence-electron chi connectivity index (χ0n) is 10.3. The number of fused-ring (bicyclic) bond motifs is 1. The Labute approximate surface area is 124 Å². The van der Waals surface area contributed by atoms with Gasteiger partial charge in [-0.3, -0.25) is 4.57 Å². The second-order valence-corrected chi connectivity index (χ2v) is 6.40. The first-order valence-corrected chi connectivity index (χ1v) is 7.34. The van der Waals surface area contributed by atoms with Crippen LogP contribution in [0, 0.1) is 11.7 Å².